The number of rotatable bonds is 5. The molecule has 1 N–H and O–H groups in total. The molecule has 1 aliphatic carbocycles. The van der Waals surface area contributed by atoms with Crippen LogP contribution in [0.3, 0.4) is 0 Å². The molecule has 0 radical (unpaired) electrons. The van der Waals surface area contributed by atoms with Gasteiger partial charge in [0.1, 0.15) is 23.6 Å². The van der Waals surface area contributed by atoms with Gasteiger partial charge in [-0.25, -0.2) is 8.78 Å². The van der Waals surface area contributed by atoms with Gasteiger partial charge in [0.25, 0.3) is 0 Å². The maximum atomic E-state index is 14.0. The lowest BCUT2D eigenvalue weighted by Crippen LogP contribution is -2.47. The Balaban J connectivity index is 2.22. The SMILES string of the molecule is O=C(NCC(F)(F)F)C1(C/C=C/CBr)c2cc(F)ccc2-c2ccc(F)cc21. The molecule has 0 heterocycles. The van der Waals surface area contributed by atoms with Crippen molar-refractivity contribution in [1.29, 1.82) is 0 Å². The highest BCUT2D eigenvalue weighted by Gasteiger charge is 2.49. The molecule has 0 saturated heterocycles. The van der Waals surface area contributed by atoms with Gasteiger partial charge in [-0.05, 0) is 52.9 Å². The van der Waals surface area contributed by atoms with Crippen molar-refractivity contribution in [3.8, 4) is 11.1 Å². The normalized spacial score (nSPS) is 14.8. The first kappa shape index (κ1) is 20.5. The first-order valence-corrected chi connectivity index (χ1v) is 9.47. The average Bonchev–Trinajstić information content (AvgIpc) is 2.89. The molecule has 28 heavy (non-hydrogen) atoms. The highest BCUT2D eigenvalue weighted by molar-refractivity contribution is 9.09. The van der Waals surface area contributed by atoms with E-state index >= 15 is 0 Å². The number of hydrogen-bond donors (Lipinski definition) is 1. The number of amides is 1. The second kappa shape index (κ2) is 7.66. The number of hydrogen-bond acceptors (Lipinski definition) is 1. The molecule has 0 saturated carbocycles. The highest BCUT2D eigenvalue weighted by Crippen LogP contribution is 2.51. The zero-order valence-electron chi connectivity index (χ0n) is 14.4. The summed E-state index contributed by atoms with van der Waals surface area (Å²) in [5.41, 5.74) is -0.255. The molecule has 0 bridgehead atoms. The van der Waals surface area contributed by atoms with Gasteiger partial charge in [0.2, 0.25) is 5.91 Å². The minimum absolute atomic E-state index is 0.0464. The van der Waals surface area contributed by atoms with E-state index in [4.69, 9.17) is 0 Å². The molecule has 2 aromatic carbocycles. The Bertz CT molecular complexity index is 887. The molecule has 1 amide bonds. The van der Waals surface area contributed by atoms with Crippen molar-refractivity contribution in [2.24, 2.45) is 0 Å². The van der Waals surface area contributed by atoms with Crippen LogP contribution in [0.15, 0.2) is 48.6 Å². The molecule has 148 valence electrons. The van der Waals surface area contributed by atoms with E-state index in [1.54, 1.807) is 12.2 Å². The van der Waals surface area contributed by atoms with Gasteiger partial charge in [0.15, 0.2) is 0 Å². The standard InChI is InChI=1S/C20H15BrF5NO/c21-8-2-1-7-19(18(28)27-11-20(24,25)26)16-9-12(22)3-5-14(16)15-6-4-13(23)10-17(15)19/h1-6,9-10H,7-8,11H2,(H,27,28)/b2-1+. The lowest BCUT2D eigenvalue weighted by Gasteiger charge is -2.30. The summed E-state index contributed by atoms with van der Waals surface area (Å²) >= 11 is 3.20. The molecular formula is C20H15BrF5NO. The molecule has 0 atom stereocenters. The average molecular weight is 460 g/mol. The van der Waals surface area contributed by atoms with Gasteiger partial charge in [0, 0.05) is 5.33 Å². The Kier molecular flexibility index (Phi) is 5.61. The van der Waals surface area contributed by atoms with Gasteiger partial charge in [-0.1, -0.05) is 40.2 Å². The van der Waals surface area contributed by atoms with Crippen LogP contribution < -0.4 is 5.32 Å². The van der Waals surface area contributed by atoms with Crippen LogP contribution in [-0.4, -0.2) is 24.0 Å². The van der Waals surface area contributed by atoms with Crippen LogP contribution in [0.1, 0.15) is 17.5 Å². The molecule has 1 aliphatic rings. The molecule has 0 aromatic heterocycles. The third-order valence-corrected chi connectivity index (χ3v) is 5.06. The first-order chi connectivity index (χ1) is 13.2. The van der Waals surface area contributed by atoms with Gasteiger partial charge in [0.05, 0.1) is 0 Å². The van der Waals surface area contributed by atoms with Crippen LogP contribution in [0.2, 0.25) is 0 Å². The smallest absolute Gasteiger partial charge is 0.346 e. The Morgan fingerprint density at radius 3 is 2.00 bits per heavy atom. The van der Waals surface area contributed by atoms with Crippen LogP contribution in [0.4, 0.5) is 22.0 Å². The summed E-state index contributed by atoms with van der Waals surface area (Å²) in [5, 5.41) is 2.36. The molecular weight excluding hydrogens is 445 g/mol. The topological polar surface area (TPSA) is 29.1 Å². The van der Waals surface area contributed by atoms with E-state index in [1.807, 2.05) is 5.32 Å². The fraction of sp³-hybridized carbons (Fsp3) is 0.250. The third kappa shape index (κ3) is 3.70. The summed E-state index contributed by atoms with van der Waals surface area (Å²) in [6.07, 6.45) is -1.38. The van der Waals surface area contributed by atoms with Gasteiger partial charge in [-0.15, -0.1) is 0 Å². The number of nitrogens with one attached hydrogen (secondary N) is 1. The predicted molar refractivity (Wildman–Crippen MR) is 99.2 cm³/mol. The second-order valence-electron chi connectivity index (χ2n) is 6.41. The minimum atomic E-state index is -4.61. The van der Waals surface area contributed by atoms with Crippen molar-refractivity contribution in [2.45, 2.75) is 18.0 Å². The summed E-state index contributed by atoms with van der Waals surface area (Å²) in [5.74, 6) is -2.23. The lowest BCUT2D eigenvalue weighted by atomic mass is 9.74. The van der Waals surface area contributed by atoms with Crippen LogP contribution in [0.5, 0.6) is 0 Å². The van der Waals surface area contributed by atoms with Gasteiger partial charge in [-0.3, -0.25) is 4.79 Å². The summed E-state index contributed by atoms with van der Waals surface area (Å²) in [7, 11) is 0. The highest BCUT2D eigenvalue weighted by atomic mass is 79.9. The van der Waals surface area contributed by atoms with Crippen molar-refractivity contribution in [3.05, 3.63) is 71.3 Å². The Labute approximate surface area is 166 Å². The van der Waals surface area contributed by atoms with Crippen LogP contribution >= 0.6 is 15.9 Å². The fourth-order valence-electron chi connectivity index (χ4n) is 3.57. The number of benzene rings is 2. The number of allylic oxidation sites excluding steroid dienone is 2. The predicted octanol–water partition coefficient (Wildman–Crippen LogP) is 5.25. The molecule has 8 heteroatoms. The number of fused-ring (bicyclic) bond motifs is 3. The Morgan fingerprint density at radius 1 is 1.00 bits per heavy atom. The van der Waals surface area contributed by atoms with Crippen molar-refractivity contribution in [2.75, 3.05) is 11.9 Å². The molecule has 0 unspecified atom stereocenters. The molecule has 0 aliphatic heterocycles. The summed E-state index contributed by atoms with van der Waals surface area (Å²) < 4.78 is 66.1. The maximum Gasteiger partial charge on any atom is 0.405 e. The van der Waals surface area contributed by atoms with Crippen LogP contribution in [-0.2, 0) is 10.2 Å². The van der Waals surface area contributed by atoms with E-state index in [1.165, 1.54) is 24.3 Å². The molecule has 0 spiro atoms. The van der Waals surface area contributed by atoms with Gasteiger partial charge < -0.3 is 5.32 Å². The zero-order chi connectivity index (χ0) is 20.5. The Hall–Kier alpha value is -2.22. The lowest BCUT2D eigenvalue weighted by molar-refractivity contribution is -0.140. The van der Waals surface area contributed by atoms with Crippen LogP contribution in [0.25, 0.3) is 11.1 Å². The van der Waals surface area contributed by atoms with Crippen molar-refractivity contribution >= 4 is 21.8 Å². The molecule has 2 nitrogen and oxygen atoms in total. The second-order valence-corrected chi connectivity index (χ2v) is 7.06. The van der Waals surface area contributed by atoms with Crippen molar-refractivity contribution in [3.63, 3.8) is 0 Å². The van der Waals surface area contributed by atoms with E-state index in [-0.39, 0.29) is 17.5 Å². The number of halogens is 6. The molecule has 3 rings (SSSR count). The number of carbonyl (C=O) groups is 1. The van der Waals surface area contributed by atoms with Crippen molar-refractivity contribution in [1.82, 2.24) is 5.32 Å². The Morgan fingerprint density at radius 2 is 1.54 bits per heavy atom. The number of carbonyl (C=O) groups excluding carboxylic acids is 1. The maximum absolute atomic E-state index is 14.0. The van der Waals surface area contributed by atoms with E-state index < -0.39 is 35.7 Å². The molecule has 0 fully saturated rings. The quantitative estimate of drug-likeness (QED) is 0.369. The minimum Gasteiger partial charge on any atom is -0.346 e. The fourth-order valence-corrected chi connectivity index (χ4v) is 3.83. The summed E-state index contributed by atoms with van der Waals surface area (Å²) in [4.78, 5) is 13.1. The monoisotopic (exact) mass is 459 g/mol. The summed E-state index contributed by atoms with van der Waals surface area (Å²) in [6, 6.07) is 7.56. The van der Waals surface area contributed by atoms with Crippen molar-refractivity contribution < 1.29 is 26.7 Å². The van der Waals surface area contributed by atoms with E-state index in [0.717, 1.165) is 12.1 Å². The van der Waals surface area contributed by atoms with Gasteiger partial charge in [-0.2, -0.15) is 13.2 Å². The van der Waals surface area contributed by atoms with E-state index in [9.17, 15) is 26.7 Å². The first-order valence-electron chi connectivity index (χ1n) is 8.35. The van der Waals surface area contributed by atoms with E-state index in [0.29, 0.717) is 16.5 Å². The third-order valence-electron chi connectivity index (χ3n) is 4.69. The largest absolute Gasteiger partial charge is 0.405 e. The molecule has 2 aromatic rings. The van der Waals surface area contributed by atoms with E-state index in [2.05, 4.69) is 15.9 Å². The zero-order valence-corrected chi connectivity index (χ0v) is 16.0. The van der Waals surface area contributed by atoms with Gasteiger partial charge >= 0.3 is 6.18 Å². The van der Waals surface area contributed by atoms with Crippen LogP contribution in [0, 0.1) is 11.6 Å². The summed E-state index contributed by atoms with van der Waals surface area (Å²) in [6.45, 7) is -1.54. The number of alkyl halides is 4.